The van der Waals surface area contributed by atoms with Crippen molar-refractivity contribution >= 4 is 11.9 Å². The maximum Gasteiger partial charge on any atom is 0.269 e. The molecule has 0 aromatic heterocycles. The third kappa shape index (κ3) is 3.54. The lowest BCUT2D eigenvalue weighted by molar-refractivity contribution is -0.384. The van der Waals surface area contributed by atoms with Gasteiger partial charge in [-0.3, -0.25) is 15.1 Å². The van der Waals surface area contributed by atoms with Crippen LogP contribution in [0.4, 0.5) is 5.69 Å². The first-order valence-corrected chi connectivity index (χ1v) is 8.64. The van der Waals surface area contributed by atoms with Gasteiger partial charge in [0.1, 0.15) is 0 Å². The number of non-ortho nitro benzene ring substituents is 1. The summed E-state index contributed by atoms with van der Waals surface area (Å²) in [6, 6.07) is 25.6. The highest BCUT2D eigenvalue weighted by Gasteiger charge is 2.37. The van der Waals surface area contributed by atoms with Crippen molar-refractivity contribution in [2.45, 2.75) is 18.4 Å². The second-order valence-corrected chi connectivity index (χ2v) is 6.52. The van der Waals surface area contributed by atoms with Crippen LogP contribution in [0.1, 0.15) is 23.5 Å². The summed E-state index contributed by atoms with van der Waals surface area (Å²) in [5.74, 6) is 0.548. The fourth-order valence-electron chi connectivity index (χ4n) is 3.12. The molecule has 4 nitrogen and oxygen atoms in total. The van der Waals surface area contributed by atoms with E-state index in [2.05, 4.69) is 24.3 Å². The third-order valence-electron chi connectivity index (χ3n) is 4.72. The Morgan fingerprint density at radius 2 is 1.50 bits per heavy atom. The molecule has 0 bridgehead atoms. The van der Waals surface area contributed by atoms with E-state index in [0.717, 1.165) is 23.1 Å². The zero-order valence-electron chi connectivity index (χ0n) is 14.2. The Labute approximate surface area is 152 Å². The van der Waals surface area contributed by atoms with Crippen LogP contribution >= 0.6 is 0 Å². The van der Waals surface area contributed by atoms with Gasteiger partial charge in [-0.15, -0.1) is 0 Å². The molecule has 0 N–H and O–H groups in total. The molecule has 0 aliphatic heterocycles. The van der Waals surface area contributed by atoms with Crippen molar-refractivity contribution in [1.82, 2.24) is 0 Å². The lowest BCUT2D eigenvalue weighted by Gasteiger charge is -2.02. The first-order chi connectivity index (χ1) is 12.7. The van der Waals surface area contributed by atoms with Gasteiger partial charge in [-0.1, -0.05) is 54.6 Å². The van der Waals surface area contributed by atoms with Crippen molar-refractivity contribution in [3.8, 4) is 11.1 Å². The lowest BCUT2D eigenvalue weighted by atomic mass is 10.0. The fraction of sp³-hybridized carbons (Fsp3) is 0.136. The molecule has 1 aliphatic rings. The largest absolute Gasteiger partial charge is 0.289 e. The first-order valence-electron chi connectivity index (χ1n) is 8.64. The van der Waals surface area contributed by atoms with Crippen LogP contribution in [0.15, 0.2) is 83.9 Å². The van der Waals surface area contributed by atoms with E-state index in [4.69, 9.17) is 4.99 Å². The molecule has 0 spiro atoms. The van der Waals surface area contributed by atoms with E-state index in [9.17, 15) is 10.1 Å². The second-order valence-electron chi connectivity index (χ2n) is 6.52. The van der Waals surface area contributed by atoms with E-state index in [1.807, 2.05) is 36.5 Å². The van der Waals surface area contributed by atoms with Gasteiger partial charge in [0.15, 0.2) is 0 Å². The van der Waals surface area contributed by atoms with Gasteiger partial charge in [0.25, 0.3) is 5.69 Å². The van der Waals surface area contributed by atoms with Crippen LogP contribution in [0.25, 0.3) is 11.1 Å². The molecule has 0 unspecified atom stereocenters. The molecule has 0 saturated heterocycles. The standard InChI is InChI=1S/C22H18N2O2/c25-24(26)20-12-10-18(11-13-20)17-8-6-16(7-9-17)15-23-22-14-21(22)19-4-2-1-3-5-19/h1-13,15,21-22H,14H2/t21-,22+/m0/s1. The molecule has 0 heterocycles. The van der Waals surface area contributed by atoms with Gasteiger partial charge in [-0.05, 0) is 40.8 Å². The van der Waals surface area contributed by atoms with Crippen molar-refractivity contribution < 1.29 is 4.92 Å². The third-order valence-corrected chi connectivity index (χ3v) is 4.72. The topological polar surface area (TPSA) is 55.5 Å². The average molecular weight is 342 g/mol. The zero-order chi connectivity index (χ0) is 17.9. The molecule has 3 aromatic rings. The molecule has 1 saturated carbocycles. The minimum absolute atomic E-state index is 0.106. The van der Waals surface area contributed by atoms with E-state index in [1.54, 1.807) is 12.1 Å². The number of hydrogen-bond acceptors (Lipinski definition) is 3. The predicted molar refractivity (Wildman–Crippen MR) is 104 cm³/mol. The Balaban J connectivity index is 1.41. The Hall–Kier alpha value is -3.27. The van der Waals surface area contributed by atoms with Gasteiger partial charge < -0.3 is 0 Å². The van der Waals surface area contributed by atoms with Crippen molar-refractivity contribution in [3.05, 3.63) is 100 Å². The van der Waals surface area contributed by atoms with Crippen LogP contribution < -0.4 is 0 Å². The quantitative estimate of drug-likeness (QED) is 0.362. The Kier molecular flexibility index (Phi) is 4.32. The highest BCUT2D eigenvalue weighted by atomic mass is 16.6. The predicted octanol–water partition coefficient (Wildman–Crippen LogP) is 5.24. The van der Waals surface area contributed by atoms with Gasteiger partial charge in [-0.25, -0.2) is 0 Å². The molecule has 0 radical (unpaired) electrons. The maximum atomic E-state index is 10.7. The molecule has 4 rings (SSSR count). The van der Waals surface area contributed by atoms with Gasteiger partial charge in [0, 0.05) is 24.3 Å². The minimum Gasteiger partial charge on any atom is -0.289 e. The Morgan fingerprint density at radius 3 is 2.12 bits per heavy atom. The summed E-state index contributed by atoms with van der Waals surface area (Å²) in [5.41, 5.74) is 4.53. The van der Waals surface area contributed by atoms with Crippen molar-refractivity contribution in [1.29, 1.82) is 0 Å². The summed E-state index contributed by atoms with van der Waals surface area (Å²) in [7, 11) is 0. The average Bonchev–Trinajstić information content (AvgIpc) is 3.47. The Morgan fingerprint density at radius 1 is 0.885 bits per heavy atom. The van der Waals surface area contributed by atoms with Crippen LogP contribution in [0, 0.1) is 10.1 Å². The molecule has 3 aromatic carbocycles. The van der Waals surface area contributed by atoms with Crippen LogP contribution in [-0.4, -0.2) is 17.2 Å². The highest BCUT2D eigenvalue weighted by Crippen LogP contribution is 2.43. The molecule has 4 heteroatoms. The molecular formula is C22H18N2O2. The van der Waals surface area contributed by atoms with E-state index < -0.39 is 0 Å². The SMILES string of the molecule is O=[N+]([O-])c1ccc(-c2ccc(C=N[C@@H]3C[C@H]3c3ccccc3)cc2)cc1. The van der Waals surface area contributed by atoms with Gasteiger partial charge in [0.2, 0.25) is 0 Å². The number of benzene rings is 3. The van der Waals surface area contributed by atoms with Crippen LogP contribution in [0.3, 0.4) is 0 Å². The minimum atomic E-state index is -0.385. The maximum absolute atomic E-state index is 10.7. The zero-order valence-corrected chi connectivity index (χ0v) is 14.2. The van der Waals surface area contributed by atoms with E-state index in [0.29, 0.717) is 12.0 Å². The number of rotatable bonds is 5. The van der Waals surface area contributed by atoms with Crippen LogP contribution in [0.2, 0.25) is 0 Å². The summed E-state index contributed by atoms with van der Waals surface area (Å²) < 4.78 is 0. The van der Waals surface area contributed by atoms with E-state index in [-0.39, 0.29) is 10.6 Å². The summed E-state index contributed by atoms with van der Waals surface area (Å²) >= 11 is 0. The summed E-state index contributed by atoms with van der Waals surface area (Å²) in [6.07, 6.45) is 3.05. The number of hydrogen-bond donors (Lipinski definition) is 0. The molecule has 1 fully saturated rings. The Bertz CT molecular complexity index is 932. The number of nitro groups is 1. The molecule has 1 aliphatic carbocycles. The normalized spacial score (nSPS) is 18.8. The van der Waals surface area contributed by atoms with Gasteiger partial charge in [-0.2, -0.15) is 0 Å². The summed E-state index contributed by atoms with van der Waals surface area (Å²) in [6.45, 7) is 0. The van der Waals surface area contributed by atoms with Gasteiger partial charge >= 0.3 is 0 Å². The lowest BCUT2D eigenvalue weighted by Crippen LogP contribution is -1.88. The number of nitrogens with zero attached hydrogens (tertiary/aromatic N) is 2. The van der Waals surface area contributed by atoms with Crippen molar-refractivity contribution in [3.63, 3.8) is 0 Å². The number of aliphatic imine (C=N–C) groups is 1. The van der Waals surface area contributed by atoms with Gasteiger partial charge in [0.05, 0.1) is 11.0 Å². The second kappa shape index (κ2) is 6.92. The molecule has 0 amide bonds. The van der Waals surface area contributed by atoms with E-state index >= 15 is 0 Å². The summed E-state index contributed by atoms with van der Waals surface area (Å²) in [5, 5.41) is 10.7. The van der Waals surface area contributed by atoms with E-state index in [1.165, 1.54) is 17.7 Å². The summed E-state index contributed by atoms with van der Waals surface area (Å²) in [4.78, 5) is 15.0. The first kappa shape index (κ1) is 16.2. The van der Waals surface area contributed by atoms with Crippen LogP contribution in [-0.2, 0) is 0 Å². The molecule has 2 atom stereocenters. The molecule has 128 valence electrons. The molecular weight excluding hydrogens is 324 g/mol. The van der Waals surface area contributed by atoms with Crippen LogP contribution in [0.5, 0.6) is 0 Å². The monoisotopic (exact) mass is 342 g/mol. The molecule has 26 heavy (non-hydrogen) atoms. The smallest absolute Gasteiger partial charge is 0.269 e. The fourth-order valence-corrected chi connectivity index (χ4v) is 3.12. The highest BCUT2D eigenvalue weighted by molar-refractivity contribution is 5.81. The van der Waals surface area contributed by atoms with Crippen molar-refractivity contribution in [2.75, 3.05) is 0 Å². The number of nitro benzene ring substituents is 1. The van der Waals surface area contributed by atoms with Crippen molar-refractivity contribution in [2.24, 2.45) is 4.99 Å².